The molecule has 0 amide bonds. The Labute approximate surface area is 118 Å². The van der Waals surface area contributed by atoms with Crippen molar-refractivity contribution in [2.75, 3.05) is 18.1 Å². The van der Waals surface area contributed by atoms with Gasteiger partial charge in [-0.2, -0.15) is 0 Å². The molecule has 106 valence electrons. The van der Waals surface area contributed by atoms with Crippen LogP contribution in [0.5, 0.6) is 0 Å². The highest BCUT2D eigenvalue weighted by Gasteiger charge is 2.31. The SMILES string of the molecule is CCOC(=O)c1csc(N(CCC(C)C)C2CC2)n1. The topological polar surface area (TPSA) is 42.4 Å². The number of carbonyl (C=O) groups excluding carboxylic acids is 1. The van der Waals surface area contributed by atoms with E-state index in [1.807, 2.05) is 6.92 Å². The van der Waals surface area contributed by atoms with E-state index < -0.39 is 0 Å². The van der Waals surface area contributed by atoms with Crippen LogP contribution < -0.4 is 4.90 Å². The van der Waals surface area contributed by atoms with Crippen LogP contribution in [0, 0.1) is 5.92 Å². The van der Waals surface area contributed by atoms with E-state index in [-0.39, 0.29) is 5.97 Å². The maximum atomic E-state index is 11.6. The fourth-order valence-electron chi connectivity index (χ4n) is 1.91. The summed E-state index contributed by atoms with van der Waals surface area (Å²) in [5.41, 5.74) is 0.442. The lowest BCUT2D eigenvalue weighted by molar-refractivity contribution is 0.0520. The van der Waals surface area contributed by atoms with Gasteiger partial charge in [-0.25, -0.2) is 9.78 Å². The summed E-state index contributed by atoms with van der Waals surface area (Å²) in [6.07, 6.45) is 3.64. The largest absolute Gasteiger partial charge is 0.461 e. The molecule has 0 radical (unpaired) electrons. The average Bonchev–Trinajstić information content (AvgIpc) is 3.06. The number of ether oxygens (including phenoxy) is 1. The fourth-order valence-corrected chi connectivity index (χ4v) is 2.81. The maximum Gasteiger partial charge on any atom is 0.357 e. The van der Waals surface area contributed by atoms with Crippen LogP contribution in [0.25, 0.3) is 0 Å². The van der Waals surface area contributed by atoms with Gasteiger partial charge >= 0.3 is 5.97 Å². The van der Waals surface area contributed by atoms with Gasteiger partial charge in [-0.3, -0.25) is 0 Å². The van der Waals surface area contributed by atoms with Crippen LogP contribution in [0.15, 0.2) is 5.38 Å². The number of anilines is 1. The van der Waals surface area contributed by atoms with Gasteiger partial charge in [0, 0.05) is 18.0 Å². The van der Waals surface area contributed by atoms with Gasteiger partial charge in [0.15, 0.2) is 10.8 Å². The summed E-state index contributed by atoms with van der Waals surface area (Å²) in [6, 6.07) is 0.625. The first-order valence-corrected chi connectivity index (χ1v) is 7.89. The van der Waals surface area contributed by atoms with E-state index in [4.69, 9.17) is 4.74 Å². The van der Waals surface area contributed by atoms with Crippen molar-refractivity contribution in [1.29, 1.82) is 0 Å². The molecule has 0 saturated heterocycles. The zero-order valence-electron chi connectivity index (χ0n) is 11.9. The molecule has 1 aromatic rings. The second kappa shape index (κ2) is 6.37. The number of nitrogens with zero attached hydrogens (tertiary/aromatic N) is 2. The molecule has 0 spiro atoms. The van der Waals surface area contributed by atoms with E-state index in [9.17, 15) is 4.79 Å². The Hall–Kier alpha value is -1.10. The molecule has 0 N–H and O–H groups in total. The number of rotatable bonds is 7. The summed E-state index contributed by atoms with van der Waals surface area (Å²) >= 11 is 1.55. The van der Waals surface area contributed by atoms with Gasteiger partial charge in [0.1, 0.15) is 0 Å². The first-order valence-electron chi connectivity index (χ1n) is 7.01. The van der Waals surface area contributed by atoms with E-state index >= 15 is 0 Å². The Balaban J connectivity index is 2.03. The quantitative estimate of drug-likeness (QED) is 0.719. The van der Waals surface area contributed by atoms with Gasteiger partial charge < -0.3 is 9.64 Å². The van der Waals surface area contributed by atoms with Gasteiger partial charge in [0.05, 0.1) is 6.61 Å². The van der Waals surface area contributed by atoms with Gasteiger partial charge in [-0.1, -0.05) is 13.8 Å². The Morgan fingerprint density at radius 1 is 1.58 bits per heavy atom. The molecule has 0 aromatic carbocycles. The van der Waals surface area contributed by atoms with Crippen molar-refractivity contribution in [2.24, 2.45) is 5.92 Å². The van der Waals surface area contributed by atoms with Crippen molar-refractivity contribution in [2.45, 2.75) is 46.1 Å². The van der Waals surface area contributed by atoms with E-state index in [0.29, 0.717) is 24.3 Å². The van der Waals surface area contributed by atoms with Crippen LogP contribution in [-0.2, 0) is 4.74 Å². The third kappa shape index (κ3) is 3.93. The summed E-state index contributed by atoms with van der Waals surface area (Å²) in [5.74, 6) is 0.371. The molecule has 5 heteroatoms. The fraction of sp³-hybridized carbons (Fsp3) is 0.714. The predicted octanol–water partition coefficient (Wildman–Crippen LogP) is 3.33. The average molecular weight is 282 g/mol. The molecular weight excluding hydrogens is 260 g/mol. The molecule has 4 nitrogen and oxygen atoms in total. The van der Waals surface area contributed by atoms with Crippen molar-refractivity contribution >= 4 is 22.4 Å². The molecule has 2 rings (SSSR count). The molecule has 1 heterocycles. The molecule has 19 heavy (non-hydrogen) atoms. The van der Waals surface area contributed by atoms with Gasteiger partial charge in [0.2, 0.25) is 0 Å². The first-order chi connectivity index (χ1) is 9.11. The van der Waals surface area contributed by atoms with E-state index in [2.05, 4.69) is 23.7 Å². The van der Waals surface area contributed by atoms with Crippen molar-refractivity contribution in [1.82, 2.24) is 4.98 Å². The van der Waals surface area contributed by atoms with E-state index in [0.717, 1.165) is 18.1 Å². The van der Waals surface area contributed by atoms with Crippen molar-refractivity contribution in [3.05, 3.63) is 11.1 Å². The molecule has 1 saturated carbocycles. The number of carbonyl (C=O) groups is 1. The lowest BCUT2D eigenvalue weighted by Gasteiger charge is -2.22. The maximum absolute atomic E-state index is 11.6. The number of esters is 1. The molecule has 1 aliphatic rings. The molecule has 0 aliphatic heterocycles. The molecule has 0 bridgehead atoms. The Bertz CT molecular complexity index is 427. The van der Waals surface area contributed by atoms with Crippen LogP contribution in [0.1, 0.15) is 50.5 Å². The normalized spacial score (nSPS) is 14.7. The number of hydrogen-bond donors (Lipinski definition) is 0. The number of aromatic nitrogens is 1. The molecule has 0 atom stereocenters. The van der Waals surface area contributed by atoms with Crippen molar-refractivity contribution in [3.63, 3.8) is 0 Å². The Morgan fingerprint density at radius 2 is 2.32 bits per heavy atom. The van der Waals surface area contributed by atoms with Gasteiger partial charge in [-0.15, -0.1) is 11.3 Å². The van der Waals surface area contributed by atoms with Crippen LogP contribution in [0.3, 0.4) is 0 Å². The predicted molar refractivity (Wildman–Crippen MR) is 77.9 cm³/mol. The summed E-state index contributed by atoms with van der Waals surface area (Å²) in [6.45, 7) is 7.70. The Kier molecular flexibility index (Phi) is 4.80. The standard InChI is InChI=1S/C14H22N2O2S/c1-4-18-13(17)12-9-19-14(15-12)16(11-5-6-11)8-7-10(2)3/h9-11H,4-8H2,1-3H3. The monoisotopic (exact) mass is 282 g/mol. The Morgan fingerprint density at radius 3 is 2.89 bits per heavy atom. The summed E-state index contributed by atoms with van der Waals surface area (Å²) < 4.78 is 4.98. The minimum atomic E-state index is -0.315. The highest BCUT2D eigenvalue weighted by atomic mass is 32.1. The number of hydrogen-bond acceptors (Lipinski definition) is 5. The summed E-state index contributed by atoms with van der Waals surface area (Å²) in [5, 5.41) is 2.77. The molecule has 1 aliphatic carbocycles. The lowest BCUT2D eigenvalue weighted by Crippen LogP contribution is -2.27. The molecular formula is C14H22N2O2S. The minimum absolute atomic E-state index is 0.315. The third-order valence-electron chi connectivity index (χ3n) is 3.16. The first kappa shape index (κ1) is 14.3. The van der Waals surface area contributed by atoms with Crippen LogP contribution >= 0.6 is 11.3 Å². The van der Waals surface area contributed by atoms with Crippen molar-refractivity contribution < 1.29 is 9.53 Å². The molecule has 0 unspecified atom stereocenters. The summed E-state index contributed by atoms with van der Waals surface area (Å²) in [4.78, 5) is 18.4. The zero-order chi connectivity index (χ0) is 13.8. The molecule has 1 fully saturated rings. The highest BCUT2D eigenvalue weighted by Crippen LogP contribution is 2.34. The minimum Gasteiger partial charge on any atom is -0.461 e. The highest BCUT2D eigenvalue weighted by molar-refractivity contribution is 7.13. The van der Waals surface area contributed by atoms with E-state index in [1.165, 1.54) is 12.8 Å². The lowest BCUT2D eigenvalue weighted by atomic mass is 10.1. The van der Waals surface area contributed by atoms with Gasteiger partial charge in [-0.05, 0) is 32.1 Å². The van der Waals surface area contributed by atoms with Crippen LogP contribution in [-0.4, -0.2) is 30.1 Å². The molecule has 1 aromatic heterocycles. The third-order valence-corrected chi connectivity index (χ3v) is 4.04. The second-order valence-electron chi connectivity index (χ2n) is 5.34. The van der Waals surface area contributed by atoms with Crippen LogP contribution in [0.4, 0.5) is 5.13 Å². The van der Waals surface area contributed by atoms with Crippen molar-refractivity contribution in [3.8, 4) is 0 Å². The van der Waals surface area contributed by atoms with Gasteiger partial charge in [0.25, 0.3) is 0 Å². The zero-order valence-corrected chi connectivity index (χ0v) is 12.7. The number of thiazole rings is 1. The summed E-state index contributed by atoms with van der Waals surface area (Å²) in [7, 11) is 0. The van der Waals surface area contributed by atoms with E-state index in [1.54, 1.807) is 16.7 Å². The smallest absolute Gasteiger partial charge is 0.357 e. The second-order valence-corrected chi connectivity index (χ2v) is 6.18. The van der Waals surface area contributed by atoms with Crippen LogP contribution in [0.2, 0.25) is 0 Å².